The van der Waals surface area contributed by atoms with E-state index in [1.807, 2.05) is 0 Å². The van der Waals surface area contributed by atoms with E-state index >= 15 is 0 Å². The summed E-state index contributed by atoms with van der Waals surface area (Å²) in [5, 5.41) is 0. The average Bonchev–Trinajstić information content (AvgIpc) is 2.82. The van der Waals surface area contributed by atoms with Crippen LogP contribution in [0.4, 0.5) is 0 Å². The third kappa shape index (κ3) is 7.76. The van der Waals surface area contributed by atoms with Crippen LogP contribution in [0.15, 0.2) is 0 Å². The van der Waals surface area contributed by atoms with Gasteiger partial charge in [-0.15, -0.1) is 0 Å². The maximum atomic E-state index is 5.32. The van der Waals surface area contributed by atoms with Crippen LogP contribution in [0.2, 0.25) is 12.1 Å². The fourth-order valence-electron chi connectivity index (χ4n) is 2.67. The molecule has 0 fully saturated rings. The molecule has 0 saturated heterocycles. The maximum Gasteiger partial charge on any atom is 0.576 e. The molecule has 0 radical (unpaired) electrons. The topological polar surface area (TPSA) is 111 Å². The first kappa shape index (κ1) is 32.6. The first-order valence-electron chi connectivity index (χ1n) is 8.81. The fourth-order valence-corrected chi connectivity index (χ4v) is 14.3. The van der Waals surface area contributed by atoms with Crippen LogP contribution in [-0.2, 0) is 53.1 Å². The van der Waals surface area contributed by atoms with Crippen LogP contribution in [0.1, 0.15) is 0 Å². The van der Waals surface area contributed by atoms with Crippen LogP contribution in [0.3, 0.4) is 0 Å². The Hall–Kier alpha value is 0.388. The van der Waals surface area contributed by atoms with Gasteiger partial charge in [0.2, 0.25) is 0 Å². The summed E-state index contributed by atoms with van der Waals surface area (Å²) in [6.07, 6.45) is 0. The molecule has 0 heterocycles. The first-order chi connectivity index (χ1) is 14.2. The van der Waals surface area contributed by atoms with Gasteiger partial charge in [-0.2, -0.15) is 0 Å². The van der Waals surface area contributed by atoms with Gasteiger partial charge in [0, 0.05) is 97.4 Å². The van der Waals surface area contributed by atoms with E-state index in [1.54, 1.807) is 42.7 Å². The monoisotopic (exact) mass is 512 g/mol. The molecule has 0 aromatic heterocycles. The molecule has 0 spiro atoms. The summed E-state index contributed by atoms with van der Waals surface area (Å²) >= 11 is 0. The van der Waals surface area contributed by atoms with Gasteiger partial charge in [0.05, 0.1) is 0 Å². The van der Waals surface area contributed by atoms with E-state index in [1.165, 1.54) is 42.7 Å². The average molecular weight is 513 g/mol. The Morgan fingerprint density at radius 1 is 0.300 bits per heavy atom. The van der Waals surface area contributed by atoms with Crippen molar-refractivity contribution in [3.8, 4) is 0 Å². The molecular weight excluding hydrogens is 472 g/mol. The lowest BCUT2D eigenvalue weighted by Gasteiger charge is -2.35. The number of hydrogen-bond acceptors (Lipinski definition) is 12. The van der Waals surface area contributed by atoms with Crippen molar-refractivity contribution in [2.24, 2.45) is 0 Å². The van der Waals surface area contributed by atoms with Gasteiger partial charge in [0.15, 0.2) is 0 Å². The number of rotatable bonds is 16. The molecule has 0 saturated carbocycles. The van der Waals surface area contributed by atoms with Gasteiger partial charge in [-0.05, 0) is 0 Å². The maximum absolute atomic E-state index is 5.32. The van der Waals surface area contributed by atoms with Crippen LogP contribution in [0.25, 0.3) is 0 Å². The number of hydrogen-bond donors (Lipinski definition) is 0. The molecule has 0 aromatic carbocycles. The molecular formula is C14H40O12Si4. The van der Waals surface area contributed by atoms with E-state index in [0.717, 1.165) is 0 Å². The van der Waals surface area contributed by atoms with E-state index in [9.17, 15) is 0 Å². The lowest BCUT2D eigenvalue weighted by atomic mass is 11.0. The Labute approximate surface area is 185 Å². The zero-order valence-electron chi connectivity index (χ0n) is 20.3. The molecule has 0 atom stereocenters. The minimum Gasteiger partial charge on any atom is -0.377 e. The highest BCUT2D eigenvalue weighted by atomic mass is 29.3. The minimum absolute atomic E-state index is 0.595. The summed E-state index contributed by atoms with van der Waals surface area (Å²) in [6.45, 7) is 0. The second kappa shape index (κ2) is 16.1. The van der Waals surface area contributed by atoms with E-state index in [4.69, 9.17) is 53.1 Å². The lowest BCUT2D eigenvalue weighted by molar-refractivity contribution is 0.0721. The van der Waals surface area contributed by atoms with Crippen LogP contribution >= 0.6 is 0 Å². The molecule has 16 heteroatoms. The van der Waals surface area contributed by atoms with Crippen LogP contribution in [0, 0.1) is 0 Å². The van der Waals surface area contributed by atoms with Crippen molar-refractivity contribution in [2.75, 3.05) is 85.3 Å². The molecule has 0 rings (SSSR count). The highest BCUT2D eigenvalue weighted by Gasteiger charge is 2.70. The first-order valence-corrected chi connectivity index (χ1v) is 17.1. The van der Waals surface area contributed by atoms with Crippen molar-refractivity contribution in [3.63, 3.8) is 0 Å². The lowest BCUT2D eigenvalue weighted by Crippen LogP contribution is -2.71. The van der Waals surface area contributed by atoms with Crippen molar-refractivity contribution >= 4 is 34.3 Å². The van der Waals surface area contributed by atoms with Crippen molar-refractivity contribution in [1.29, 1.82) is 0 Å². The Morgan fingerprint density at radius 2 is 0.467 bits per heavy atom. The molecule has 12 nitrogen and oxygen atoms in total. The van der Waals surface area contributed by atoms with Gasteiger partial charge in [0.1, 0.15) is 0 Å². The van der Waals surface area contributed by atoms with Gasteiger partial charge >= 0.3 is 34.3 Å². The van der Waals surface area contributed by atoms with E-state index < -0.39 is 34.3 Å². The van der Waals surface area contributed by atoms with Gasteiger partial charge in [-0.1, -0.05) is 0 Å². The zero-order valence-corrected chi connectivity index (χ0v) is 24.3. The molecule has 0 bridgehead atoms. The molecule has 184 valence electrons. The van der Waals surface area contributed by atoms with Crippen LogP contribution in [0.5, 0.6) is 0 Å². The molecule has 30 heavy (non-hydrogen) atoms. The van der Waals surface area contributed by atoms with Gasteiger partial charge in [-0.25, -0.2) is 0 Å². The predicted molar refractivity (Wildman–Crippen MR) is 117 cm³/mol. The SMILES string of the molecule is CO[Si](CC[Si](OC)(OC)OC)(OC)OC.CO[Si](OC)(OC)[Si](OC)(OC)OC. The van der Waals surface area contributed by atoms with Crippen LogP contribution < -0.4 is 0 Å². The molecule has 0 aliphatic heterocycles. The largest absolute Gasteiger partial charge is 0.576 e. The van der Waals surface area contributed by atoms with Crippen LogP contribution in [-0.4, -0.2) is 120 Å². The van der Waals surface area contributed by atoms with Gasteiger partial charge in [0.25, 0.3) is 0 Å². The minimum atomic E-state index is -3.02. The Balaban J connectivity index is 0. The molecule has 0 N–H and O–H groups in total. The predicted octanol–water partition coefficient (Wildman–Crippen LogP) is 0.564. The molecule has 0 unspecified atom stereocenters. The van der Waals surface area contributed by atoms with Crippen molar-refractivity contribution in [3.05, 3.63) is 0 Å². The second-order valence-electron chi connectivity index (χ2n) is 5.43. The van der Waals surface area contributed by atoms with E-state index in [-0.39, 0.29) is 0 Å². The third-order valence-corrected chi connectivity index (χ3v) is 20.4. The smallest absolute Gasteiger partial charge is 0.377 e. The highest BCUT2D eigenvalue weighted by molar-refractivity contribution is 7.26. The summed E-state index contributed by atoms with van der Waals surface area (Å²) in [5.41, 5.74) is 0. The van der Waals surface area contributed by atoms with E-state index in [2.05, 4.69) is 0 Å². The van der Waals surface area contributed by atoms with Crippen molar-refractivity contribution in [2.45, 2.75) is 12.1 Å². The fraction of sp³-hybridized carbons (Fsp3) is 1.00. The molecule has 0 aliphatic rings. The normalized spacial score (nSPS) is 13.2. The van der Waals surface area contributed by atoms with Gasteiger partial charge in [-0.3, -0.25) is 0 Å². The summed E-state index contributed by atoms with van der Waals surface area (Å²) in [6, 6.07) is 1.19. The molecule has 0 aliphatic carbocycles. The standard InChI is InChI=1S/C8H22O6Si2.C6H18O6Si2/c1-9-15(10-2,11-3)7-8-16(12-4,13-5)14-6;1-7-13(8-2,9-3)14(10-4,11-5)12-6/h7-8H2,1-6H3;1-6H3. The van der Waals surface area contributed by atoms with E-state index in [0.29, 0.717) is 12.1 Å². The van der Waals surface area contributed by atoms with Gasteiger partial charge < -0.3 is 53.1 Å². The molecule has 0 aromatic rings. The highest BCUT2D eigenvalue weighted by Crippen LogP contribution is 2.24. The summed E-state index contributed by atoms with van der Waals surface area (Å²) in [5.74, 6) is 0. The van der Waals surface area contributed by atoms with Crippen molar-refractivity contribution in [1.82, 2.24) is 0 Å². The van der Waals surface area contributed by atoms with Crippen molar-refractivity contribution < 1.29 is 53.1 Å². The Morgan fingerprint density at radius 3 is 0.567 bits per heavy atom. The second-order valence-corrected chi connectivity index (χ2v) is 20.0. The Kier molecular flexibility index (Phi) is 17.4. The Bertz CT molecular complexity index is 347. The zero-order chi connectivity index (χ0) is 23.9. The quantitative estimate of drug-likeness (QED) is 0.269. The third-order valence-electron chi connectivity index (χ3n) is 4.59. The summed E-state index contributed by atoms with van der Waals surface area (Å²) in [7, 11) is 7.16. The summed E-state index contributed by atoms with van der Waals surface area (Å²) in [4.78, 5) is 0. The summed E-state index contributed by atoms with van der Waals surface area (Å²) < 4.78 is 63.4. The molecule has 0 amide bonds.